The highest BCUT2D eigenvalue weighted by atomic mass is 19.1. The Morgan fingerprint density at radius 2 is 2.06 bits per heavy atom. The van der Waals surface area contributed by atoms with E-state index in [1.807, 2.05) is 13.8 Å². The van der Waals surface area contributed by atoms with Gasteiger partial charge in [-0.25, -0.2) is 4.39 Å². The third-order valence-corrected chi connectivity index (χ3v) is 3.49. The molecule has 0 spiro atoms. The third kappa shape index (κ3) is 3.16. The summed E-state index contributed by atoms with van der Waals surface area (Å²) in [5, 5.41) is 9.75. The second-order valence-corrected chi connectivity index (χ2v) is 4.71. The standard InChI is InChI=1S/C12H21FO4/c1-5-9(13)10-6(2)7(3)11(12(15)17-10)16-8(4)14/h6-7,9-12,15H,5H2,1-4H3/t6-,7-,9-,10?,11?,12?/m0/s1. The van der Waals surface area contributed by atoms with E-state index in [4.69, 9.17) is 9.47 Å². The molecule has 4 nitrogen and oxygen atoms in total. The number of carbonyl (C=O) groups is 1. The van der Waals surface area contributed by atoms with Gasteiger partial charge in [0.05, 0.1) is 6.10 Å². The maximum Gasteiger partial charge on any atom is 0.303 e. The molecule has 100 valence electrons. The summed E-state index contributed by atoms with van der Waals surface area (Å²) in [5.41, 5.74) is 0. The van der Waals surface area contributed by atoms with Gasteiger partial charge in [0.1, 0.15) is 6.17 Å². The molecule has 0 aromatic carbocycles. The molecule has 0 bridgehead atoms. The van der Waals surface area contributed by atoms with Gasteiger partial charge in [-0.15, -0.1) is 0 Å². The minimum atomic E-state index is -1.25. The summed E-state index contributed by atoms with van der Waals surface area (Å²) in [7, 11) is 0. The molecule has 1 N–H and O–H groups in total. The van der Waals surface area contributed by atoms with Gasteiger partial charge in [-0.1, -0.05) is 20.8 Å². The maximum absolute atomic E-state index is 13.7. The van der Waals surface area contributed by atoms with Crippen LogP contribution >= 0.6 is 0 Å². The number of hydrogen-bond acceptors (Lipinski definition) is 4. The molecule has 0 aliphatic carbocycles. The van der Waals surface area contributed by atoms with Crippen molar-refractivity contribution in [3.05, 3.63) is 0 Å². The van der Waals surface area contributed by atoms with Crippen molar-refractivity contribution < 1.29 is 23.8 Å². The normalized spacial score (nSPS) is 39.8. The first kappa shape index (κ1) is 14.4. The Balaban J connectivity index is 2.75. The molecule has 1 fully saturated rings. The van der Waals surface area contributed by atoms with Crippen molar-refractivity contribution in [1.29, 1.82) is 0 Å². The fourth-order valence-electron chi connectivity index (χ4n) is 2.22. The number of aliphatic hydroxyl groups is 1. The molecule has 0 aromatic rings. The molecule has 5 heteroatoms. The predicted molar refractivity (Wildman–Crippen MR) is 59.9 cm³/mol. The van der Waals surface area contributed by atoms with Crippen LogP contribution in [0.25, 0.3) is 0 Å². The Labute approximate surface area is 101 Å². The number of halogens is 1. The van der Waals surface area contributed by atoms with Crippen LogP contribution in [-0.2, 0) is 14.3 Å². The molecule has 3 unspecified atom stereocenters. The van der Waals surface area contributed by atoms with E-state index in [0.717, 1.165) is 0 Å². The van der Waals surface area contributed by atoms with Crippen molar-refractivity contribution in [1.82, 2.24) is 0 Å². The first-order valence-electron chi connectivity index (χ1n) is 6.03. The zero-order chi connectivity index (χ0) is 13.2. The zero-order valence-corrected chi connectivity index (χ0v) is 10.7. The number of aliphatic hydroxyl groups excluding tert-OH is 1. The molecule has 17 heavy (non-hydrogen) atoms. The lowest BCUT2D eigenvalue weighted by Gasteiger charge is -2.42. The zero-order valence-electron chi connectivity index (χ0n) is 10.7. The molecule has 1 heterocycles. The van der Waals surface area contributed by atoms with Crippen LogP contribution in [-0.4, -0.2) is 35.7 Å². The molecule has 0 radical (unpaired) electrons. The van der Waals surface area contributed by atoms with Crippen molar-refractivity contribution in [2.24, 2.45) is 11.8 Å². The Bertz CT molecular complexity index is 271. The molecule has 6 atom stereocenters. The summed E-state index contributed by atoms with van der Waals surface area (Å²) in [6.07, 6.45) is -3.38. The second-order valence-electron chi connectivity index (χ2n) is 4.71. The average Bonchev–Trinajstić information content (AvgIpc) is 2.28. The van der Waals surface area contributed by atoms with Gasteiger partial charge < -0.3 is 14.6 Å². The van der Waals surface area contributed by atoms with Gasteiger partial charge in [-0.3, -0.25) is 4.79 Å². The van der Waals surface area contributed by atoms with Gasteiger partial charge in [0.25, 0.3) is 0 Å². The van der Waals surface area contributed by atoms with Crippen molar-refractivity contribution in [2.45, 2.75) is 58.8 Å². The van der Waals surface area contributed by atoms with Crippen molar-refractivity contribution >= 4 is 5.97 Å². The topological polar surface area (TPSA) is 55.8 Å². The summed E-state index contributed by atoms with van der Waals surface area (Å²) in [5.74, 6) is -0.724. The molecule has 1 aliphatic rings. The molecular weight excluding hydrogens is 227 g/mol. The van der Waals surface area contributed by atoms with E-state index in [2.05, 4.69) is 0 Å². The molecule has 1 aliphatic heterocycles. The van der Waals surface area contributed by atoms with Crippen molar-refractivity contribution in [3.8, 4) is 0 Å². The number of ether oxygens (including phenoxy) is 2. The molecule has 0 amide bonds. The van der Waals surface area contributed by atoms with E-state index >= 15 is 0 Å². The maximum atomic E-state index is 13.7. The molecule has 0 aromatic heterocycles. The van der Waals surface area contributed by atoms with Crippen LogP contribution in [0, 0.1) is 11.8 Å². The first-order valence-corrected chi connectivity index (χ1v) is 6.03. The Kier molecular flexibility index (Phi) is 4.89. The van der Waals surface area contributed by atoms with Crippen LogP contribution in [0.4, 0.5) is 4.39 Å². The summed E-state index contributed by atoms with van der Waals surface area (Å²) in [6, 6.07) is 0. The number of rotatable bonds is 3. The fourth-order valence-corrected chi connectivity index (χ4v) is 2.22. The summed E-state index contributed by atoms with van der Waals surface area (Å²) in [6.45, 7) is 6.69. The highest BCUT2D eigenvalue weighted by molar-refractivity contribution is 5.66. The number of esters is 1. The highest BCUT2D eigenvalue weighted by Crippen LogP contribution is 2.34. The summed E-state index contributed by atoms with van der Waals surface area (Å²) < 4.78 is 23.9. The minimum absolute atomic E-state index is 0.113. The monoisotopic (exact) mass is 248 g/mol. The van der Waals surface area contributed by atoms with Crippen LogP contribution in [0.2, 0.25) is 0 Å². The van der Waals surface area contributed by atoms with Crippen LogP contribution in [0.5, 0.6) is 0 Å². The molecular formula is C12H21FO4. The lowest BCUT2D eigenvalue weighted by molar-refractivity contribution is -0.267. The largest absolute Gasteiger partial charge is 0.457 e. The number of hydrogen-bond donors (Lipinski definition) is 1. The highest BCUT2D eigenvalue weighted by Gasteiger charge is 2.45. The smallest absolute Gasteiger partial charge is 0.303 e. The van der Waals surface area contributed by atoms with Crippen molar-refractivity contribution in [3.63, 3.8) is 0 Å². The Hall–Kier alpha value is -0.680. The minimum Gasteiger partial charge on any atom is -0.457 e. The van der Waals surface area contributed by atoms with Gasteiger partial charge in [-0.05, 0) is 12.3 Å². The summed E-state index contributed by atoms with van der Waals surface area (Å²) >= 11 is 0. The van der Waals surface area contributed by atoms with E-state index in [1.54, 1.807) is 6.92 Å². The Morgan fingerprint density at radius 3 is 2.53 bits per heavy atom. The van der Waals surface area contributed by atoms with E-state index in [-0.39, 0.29) is 11.8 Å². The van der Waals surface area contributed by atoms with E-state index in [1.165, 1.54) is 6.92 Å². The van der Waals surface area contributed by atoms with Crippen LogP contribution in [0.15, 0.2) is 0 Å². The first-order chi connectivity index (χ1) is 7.88. The third-order valence-electron chi connectivity index (χ3n) is 3.49. The lowest BCUT2D eigenvalue weighted by atomic mass is 9.81. The van der Waals surface area contributed by atoms with Gasteiger partial charge in [0, 0.05) is 12.8 Å². The quantitative estimate of drug-likeness (QED) is 0.772. The Morgan fingerprint density at radius 1 is 1.47 bits per heavy atom. The predicted octanol–water partition coefficient (Wildman–Crippen LogP) is 1.66. The fraction of sp³-hybridized carbons (Fsp3) is 0.917. The van der Waals surface area contributed by atoms with Gasteiger partial charge in [0.2, 0.25) is 0 Å². The van der Waals surface area contributed by atoms with Crippen LogP contribution in [0.1, 0.15) is 34.1 Å². The number of alkyl halides is 1. The average molecular weight is 248 g/mol. The van der Waals surface area contributed by atoms with E-state index in [9.17, 15) is 14.3 Å². The van der Waals surface area contributed by atoms with Gasteiger partial charge in [-0.2, -0.15) is 0 Å². The SMILES string of the molecule is CC[C@H](F)C1OC(O)C(OC(C)=O)[C@@H](C)[C@@H]1C. The van der Waals surface area contributed by atoms with E-state index < -0.39 is 30.6 Å². The number of carbonyl (C=O) groups excluding carboxylic acids is 1. The summed E-state index contributed by atoms with van der Waals surface area (Å²) in [4.78, 5) is 10.9. The van der Waals surface area contributed by atoms with Crippen molar-refractivity contribution in [2.75, 3.05) is 0 Å². The van der Waals surface area contributed by atoms with E-state index in [0.29, 0.717) is 6.42 Å². The van der Waals surface area contributed by atoms with Crippen LogP contribution in [0.3, 0.4) is 0 Å². The van der Waals surface area contributed by atoms with Crippen LogP contribution < -0.4 is 0 Å². The molecule has 1 rings (SSSR count). The molecule has 1 saturated heterocycles. The van der Waals surface area contributed by atoms with Gasteiger partial charge >= 0.3 is 5.97 Å². The lowest BCUT2D eigenvalue weighted by Crippen LogP contribution is -2.53. The molecule has 0 saturated carbocycles. The van der Waals surface area contributed by atoms with Gasteiger partial charge in [0.15, 0.2) is 12.4 Å². The second kappa shape index (κ2) is 5.78.